The van der Waals surface area contributed by atoms with Gasteiger partial charge < -0.3 is 9.84 Å². The van der Waals surface area contributed by atoms with E-state index in [0.29, 0.717) is 13.2 Å². The molecule has 0 bridgehead atoms. The molecule has 3 heteroatoms. The van der Waals surface area contributed by atoms with E-state index in [9.17, 15) is 5.11 Å². The lowest BCUT2D eigenvalue weighted by Crippen LogP contribution is -2.11. The first-order valence-corrected chi connectivity index (χ1v) is 5.51. The van der Waals surface area contributed by atoms with E-state index in [4.69, 9.17) is 4.74 Å². The van der Waals surface area contributed by atoms with E-state index < -0.39 is 0 Å². The summed E-state index contributed by atoms with van der Waals surface area (Å²) in [6.07, 6.45) is 0. The lowest BCUT2D eigenvalue weighted by Gasteiger charge is -2.14. The summed E-state index contributed by atoms with van der Waals surface area (Å²) in [5, 5.41) is 9.18. The van der Waals surface area contributed by atoms with Crippen LogP contribution in [0.3, 0.4) is 0 Å². The molecule has 0 fully saturated rings. The van der Waals surface area contributed by atoms with Gasteiger partial charge in [-0.3, -0.25) is 0 Å². The van der Waals surface area contributed by atoms with E-state index >= 15 is 0 Å². The zero-order valence-electron chi connectivity index (χ0n) is 8.24. The number of rotatable bonds is 5. The lowest BCUT2D eigenvalue weighted by atomic mass is 10.0. The van der Waals surface area contributed by atoms with Crippen molar-refractivity contribution in [2.24, 2.45) is 0 Å². The molecule has 0 radical (unpaired) electrons. The zero-order valence-corrected chi connectivity index (χ0v) is 9.83. The summed E-state index contributed by atoms with van der Waals surface area (Å²) in [6.45, 7) is 3.35. The summed E-state index contributed by atoms with van der Waals surface area (Å²) >= 11 is 3.38. The molecule has 1 aromatic carbocycles. The second-order valence-electron chi connectivity index (χ2n) is 3.09. The van der Waals surface area contributed by atoms with Crippen LogP contribution in [0.4, 0.5) is 0 Å². The Morgan fingerprint density at radius 1 is 1.36 bits per heavy atom. The van der Waals surface area contributed by atoms with E-state index in [-0.39, 0.29) is 12.5 Å². The van der Waals surface area contributed by atoms with Gasteiger partial charge in [-0.25, -0.2) is 0 Å². The van der Waals surface area contributed by atoms with Crippen molar-refractivity contribution in [2.75, 3.05) is 19.8 Å². The molecule has 0 heterocycles. The van der Waals surface area contributed by atoms with Crippen LogP contribution in [0, 0.1) is 0 Å². The molecule has 1 aromatic rings. The topological polar surface area (TPSA) is 29.5 Å². The molecular formula is C11H15BrO2. The summed E-state index contributed by atoms with van der Waals surface area (Å²) in [6, 6.07) is 7.96. The van der Waals surface area contributed by atoms with Gasteiger partial charge in [0.1, 0.15) is 0 Å². The third-order valence-corrected chi connectivity index (χ3v) is 2.61. The van der Waals surface area contributed by atoms with E-state index in [1.165, 1.54) is 0 Å². The molecule has 14 heavy (non-hydrogen) atoms. The summed E-state index contributed by atoms with van der Waals surface area (Å²) in [7, 11) is 0. The Labute approximate surface area is 93.0 Å². The summed E-state index contributed by atoms with van der Waals surface area (Å²) < 4.78 is 6.35. The van der Waals surface area contributed by atoms with Crippen molar-refractivity contribution in [3.05, 3.63) is 34.3 Å². The number of aliphatic hydroxyl groups is 1. The molecule has 1 rings (SSSR count). The van der Waals surface area contributed by atoms with E-state index in [0.717, 1.165) is 10.0 Å². The minimum absolute atomic E-state index is 0.0862. The van der Waals surface area contributed by atoms with Crippen molar-refractivity contribution < 1.29 is 9.84 Å². The molecule has 0 aliphatic carbocycles. The van der Waals surface area contributed by atoms with Gasteiger partial charge in [0.2, 0.25) is 0 Å². The van der Waals surface area contributed by atoms with Gasteiger partial charge in [-0.1, -0.05) is 28.1 Å². The third-order valence-electron chi connectivity index (χ3n) is 2.08. The van der Waals surface area contributed by atoms with Gasteiger partial charge in [0.15, 0.2) is 0 Å². The van der Waals surface area contributed by atoms with E-state index in [2.05, 4.69) is 15.9 Å². The minimum Gasteiger partial charge on any atom is -0.396 e. The standard InChI is InChI=1S/C11H15BrO2/c1-2-14-8-10(7-13)9-3-5-11(12)6-4-9/h3-6,10,13H,2,7-8H2,1H3. The number of hydrogen-bond acceptors (Lipinski definition) is 2. The molecule has 0 saturated carbocycles. The van der Waals surface area contributed by atoms with Gasteiger partial charge in [0.05, 0.1) is 13.2 Å². The Kier molecular flexibility index (Phi) is 5.15. The fourth-order valence-electron chi connectivity index (χ4n) is 1.25. The number of hydrogen-bond donors (Lipinski definition) is 1. The van der Waals surface area contributed by atoms with Crippen molar-refractivity contribution in [3.8, 4) is 0 Å². The normalized spacial score (nSPS) is 12.8. The van der Waals surface area contributed by atoms with Gasteiger partial charge >= 0.3 is 0 Å². The fourth-order valence-corrected chi connectivity index (χ4v) is 1.51. The van der Waals surface area contributed by atoms with E-state index in [1.54, 1.807) is 0 Å². The van der Waals surface area contributed by atoms with Gasteiger partial charge in [-0.05, 0) is 24.6 Å². The first-order valence-electron chi connectivity index (χ1n) is 4.72. The second kappa shape index (κ2) is 6.17. The van der Waals surface area contributed by atoms with E-state index in [1.807, 2.05) is 31.2 Å². The van der Waals surface area contributed by atoms with Gasteiger partial charge in [-0.15, -0.1) is 0 Å². The molecule has 78 valence electrons. The molecule has 1 unspecified atom stereocenters. The first-order chi connectivity index (χ1) is 6.77. The monoisotopic (exact) mass is 258 g/mol. The second-order valence-corrected chi connectivity index (χ2v) is 4.01. The Bertz CT molecular complexity index is 258. The molecule has 0 saturated heterocycles. The largest absolute Gasteiger partial charge is 0.396 e. The highest BCUT2D eigenvalue weighted by atomic mass is 79.9. The minimum atomic E-state index is 0.0862. The quantitative estimate of drug-likeness (QED) is 0.880. The van der Waals surface area contributed by atoms with Crippen molar-refractivity contribution in [1.82, 2.24) is 0 Å². The molecule has 1 atom stereocenters. The maximum Gasteiger partial charge on any atom is 0.0556 e. The van der Waals surface area contributed by atoms with Gasteiger partial charge in [0.25, 0.3) is 0 Å². The summed E-state index contributed by atoms with van der Waals surface area (Å²) in [5.41, 5.74) is 1.11. The van der Waals surface area contributed by atoms with Crippen LogP contribution >= 0.6 is 15.9 Å². The number of benzene rings is 1. The van der Waals surface area contributed by atoms with Crippen LogP contribution in [0.1, 0.15) is 18.4 Å². The highest BCUT2D eigenvalue weighted by Crippen LogP contribution is 2.18. The third kappa shape index (κ3) is 3.40. The summed E-state index contributed by atoms with van der Waals surface area (Å²) in [5.74, 6) is 0.0862. The number of ether oxygens (including phenoxy) is 1. The Balaban J connectivity index is 2.64. The molecular weight excluding hydrogens is 244 g/mol. The molecule has 0 aliphatic heterocycles. The average molecular weight is 259 g/mol. The highest BCUT2D eigenvalue weighted by molar-refractivity contribution is 9.10. The Morgan fingerprint density at radius 3 is 2.50 bits per heavy atom. The van der Waals surface area contributed by atoms with Crippen LogP contribution in [0.15, 0.2) is 28.7 Å². The van der Waals surface area contributed by atoms with Crippen molar-refractivity contribution in [3.63, 3.8) is 0 Å². The molecule has 1 N–H and O–H groups in total. The smallest absolute Gasteiger partial charge is 0.0556 e. The van der Waals surface area contributed by atoms with Gasteiger partial charge in [0, 0.05) is 17.0 Å². The maximum absolute atomic E-state index is 9.18. The molecule has 0 aromatic heterocycles. The van der Waals surface area contributed by atoms with Crippen LogP contribution in [0.25, 0.3) is 0 Å². The molecule has 0 amide bonds. The van der Waals surface area contributed by atoms with Gasteiger partial charge in [-0.2, -0.15) is 0 Å². The Hall–Kier alpha value is -0.380. The zero-order chi connectivity index (χ0) is 10.4. The van der Waals surface area contributed by atoms with Crippen LogP contribution in [-0.2, 0) is 4.74 Å². The predicted molar refractivity (Wildman–Crippen MR) is 60.5 cm³/mol. The molecule has 0 aliphatic rings. The van der Waals surface area contributed by atoms with Crippen molar-refractivity contribution >= 4 is 15.9 Å². The Morgan fingerprint density at radius 2 is 2.00 bits per heavy atom. The first kappa shape index (κ1) is 11.7. The molecule has 2 nitrogen and oxygen atoms in total. The SMILES string of the molecule is CCOCC(CO)c1ccc(Br)cc1. The predicted octanol–water partition coefficient (Wildman–Crippen LogP) is 2.56. The highest BCUT2D eigenvalue weighted by Gasteiger charge is 2.09. The number of halogens is 1. The lowest BCUT2D eigenvalue weighted by molar-refractivity contribution is 0.109. The van der Waals surface area contributed by atoms with Crippen molar-refractivity contribution in [1.29, 1.82) is 0 Å². The van der Waals surface area contributed by atoms with Crippen LogP contribution in [-0.4, -0.2) is 24.9 Å². The fraction of sp³-hybridized carbons (Fsp3) is 0.455. The number of aliphatic hydroxyl groups excluding tert-OH is 1. The van der Waals surface area contributed by atoms with Crippen LogP contribution in [0.5, 0.6) is 0 Å². The van der Waals surface area contributed by atoms with Crippen LogP contribution < -0.4 is 0 Å². The molecule has 0 spiro atoms. The van der Waals surface area contributed by atoms with Crippen LogP contribution in [0.2, 0.25) is 0 Å². The maximum atomic E-state index is 9.18. The average Bonchev–Trinajstić information content (AvgIpc) is 2.21. The summed E-state index contributed by atoms with van der Waals surface area (Å²) in [4.78, 5) is 0. The van der Waals surface area contributed by atoms with Crippen molar-refractivity contribution in [2.45, 2.75) is 12.8 Å².